The average Bonchev–Trinajstić information content (AvgIpc) is 2.24. The van der Waals surface area contributed by atoms with Crippen LogP contribution in [0.1, 0.15) is 17.3 Å². The molecule has 0 heterocycles. The highest BCUT2D eigenvalue weighted by atomic mass is 16.3. The maximum Gasteiger partial charge on any atom is 0.251 e. The third-order valence-corrected chi connectivity index (χ3v) is 2.39. The summed E-state index contributed by atoms with van der Waals surface area (Å²) in [5.41, 5.74) is -0.619. The first-order chi connectivity index (χ1) is 8.30. The summed E-state index contributed by atoms with van der Waals surface area (Å²) in [6, 6.07) is 6.09. The van der Waals surface area contributed by atoms with Crippen LogP contribution in [0.3, 0.4) is 0 Å². The summed E-state index contributed by atoms with van der Waals surface area (Å²) in [4.78, 5) is 13.6. The van der Waals surface area contributed by atoms with E-state index in [9.17, 15) is 15.0 Å². The number of carbonyl (C=O) groups excluding carboxylic acids is 1. The van der Waals surface area contributed by atoms with Gasteiger partial charge in [-0.2, -0.15) is 0 Å². The average molecular weight is 252 g/mol. The van der Waals surface area contributed by atoms with Crippen LogP contribution < -0.4 is 5.32 Å². The molecule has 0 saturated heterocycles. The SMILES string of the molecule is CN(C)CC(C)(O)CNC(=O)c1cccc(O)c1. The van der Waals surface area contributed by atoms with E-state index in [1.165, 1.54) is 12.1 Å². The fourth-order valence-corrected chi connectivity index (χ4v) is 1.76. The van der Waals surface area contributed by atoms with Crippen LogP contribution in [0.2, 0.25) is 0 Å². The van der Waals surface area contributed by atoms with Gasteiger partial charge in [-0.05, 0) is 39.2 Å². The maximum atomic E-state index is 11.8. The molecule has 0 bridgehead atoms. The Hall–Kier alpha value is -1.59. The highest BCUT2D eigenvalue weighted by Gasteiger charge is 2.22. The number of aromatic hydroxyl groups is 1. The van der Waals surface area contributed by atoms with Gasteiger partial charge in [0.25, 0.3) is 5.91 Å². The van der Waals surface area contributed by atoms with Crippen molar-refractivity contribution >= 4 is 5.91 Å². The quantitative estimate of drug-likeness (QED) is 0.711. The lowest BCUT2D eigenvalue weighted by Crippen LogP contribution is -2.47. The van der Waals surface area contributed by atoms with E-state index >= 15 is 0 Å². The maximum absolute atomic E-state index is 11.8. The molecular weight excluding hydrogens is 232 g/mol. The lowest BCUT2D eigenvalue weighted by Gasteiger charge is -2.27. The predicted octanol–water partition coefficient (Wildman–Crippen LogP) is 0.435. The first kappa shape index (κ1) is 14.5. The molecule has 5 nitrogen and oxygen atoms in total. The van der Waals surface area contributed by atoms with Gasteiger partial charge >= 0.3 is 0 Å². The minimum absolute atomic E-state index is 0.0442. The fraction of sp³-hybridized carbons (Fsp3) is 0.462. The summed E-state index contributed by atoms with van der Waals surface area (Å²) in [7, 11) is 3.71. The zero-order valence-corrected chi connectivity index (χ0v) is 11.0. The molecule has 0 fully saturated rings. The Kier molecular flexibility index (Phi) is 4.69. The highest BCUT2D eigenvalue weighted by Crippen LogP contribution is 2.11. The van der Waals surface area contributed by atoms with Crippen LogP contribution in [0.4, 0.5) is 0 Å². The number of likely N-dealkylation sites (N-methyl/N-ethyl adjacent to an activating group) is 1. The van der Waals surface area contributed by atoms with Gasteiger partial charge in [0.15, 0.2) is 0 Å². The summed E-state index contributed by atoms with van der Waals surface area (Å²) in [5, 5.41) is 21.9. The van der Waals surface area contributed by atoms with E-state index in [-0.39, 0.29) is 18.2 Å². The molecule has 1 unspecified atom stereocenters. The largest absolute Gasteiger partial charge is 0.508 e. The van der Waals surface area contributed by atoms with Crippen molar-refractivity contribution in [2.24, 2.45) is 0 Å². The number of phenolic OH excluding ortho intramolecular Hbond substituents is 1. The molecule has 0 saturated carbocycles. The molecule has 18 heavy (non-hydrogen) atoms. The van der Waals surface area contributed by atoms with Crippen LogP contribution in [0.5, 0.6) is 5.75 Å². The van der Waals surface area contributed by atoms with Gasteiger partial charge < -0.3 is 20.4 Å². The van der Waals surface area contributed by atoms with Gasteiger partial charge in [-0.15, -0.1) is 0 Å². The number of nitrogens with one attached hydrogen (secondary N) is 1. The van der Waals surface area contributed by atoms with E-state index in [1.807, 2.05) is 19.0 Å². The van der Waals surface area contributed by atoms with Gasteiger partial charge in [-0.25, -0.2) is 0 Å². The number of hydrogen-bond acceptors (Lipinski definition) is 4. The van der Waals surface area contributed by atoms with Crippen molar-refractivity contribution in [3.8, 4) is 5.75 Å². The Labute approximate surface area is 107 Å². The molecule has 0 aliphatic rings. The van der Waals surface area contributed by atoms with Gasteiger partial charge in [-0.1, -0.05) is 6.07 Å². The van der Waals surface area contributed by atoms with E-state index in [0.717, 1.165) is 0 Å². The predicted molar refractivity (Wildman–Crippen MR) is 69.6 cm³/mol. The number of aliphatic hydroxyl groups is 1. The van der Waals surface area contributed by atoms with Crippen molar-refractivity contribution in [1.29, 1.82) is 0 Å². The number of carbonyl (C=O) groups is 1. The number of benzene rings is 1. The summed E-state index contributed by atoms with van der Waals surface area (Å²) in [5.74, 6) is -0.271. The van der Waals surface area contributed by atoms with E-state index in [4.69, 9.17) is 0 Å². The van der Waals surface area contributed by atoms with Gasteiger partial charge in [0.05, 0.1) is 5.60 Å². The summed E-state index contributed by atoms with van der Waals surface area (Å²) < 4.78 is 0. The lowest BCUT2D eigenvalue weighted by atomic mass is 10.1. The molecule has 0 aliphatic heterocycles. The molecule has 0 aromatic heterocycles. The summed E-state index contributed by atoms with van der Waals surface area (Å²) in [6.07, 6.45) is 0. The highest BCUT2D eigenvalue weighted by molar-refractivity contribution is 5.94. The van der Waals surface area contributed by atoms with Crippen molar-refractivity contribution < 1.29 is 15.0 Å². The number of rotatable bonds is 5. The van der Waals surface area contributed by atoms with Gasteiger partial charge in [0, 0.05) is 18.7 Å². The van der Waals surface area contributed by atoms with Crippen molar-refractivity contribution in [1.82, 2.24) is 10.2 Å². The van der Waals surface area contributed by atoms with E-state index in [0.29, 0.717) is 12.1 Å². The van der Waals surface area contributed by atoms with Crippen LogP contribution in [-0.2, 0) is 0 Å². The molecule has 1 rings (SSSR count). The first-order valence-corrected chi connectivity index (χ1v) is 5.74. The van der Waals surface area contributed by atoms with E-state index in [1.54, 1.807) is 19.1 Å². The first-order valence-electron chi connectivity index (χ1n) is 5.74. The topological polar surface area (TPSA) is 72.8 Å². The second kappa shape index (κ2) is 5.84. The lowest BCUT2D eigenvalue weighted by molar-refractivity contribution is 0.0326. The fourth-order valence-electron chi connectivity index (χ4n) is 1.76. The molecule has 0 spiro atoms. The normalized spacial score (nSPS) is 14.3. The van der Waals surface area contributed by atoms with Crippen LogP contribution in [-0.4, -0.2) is 53.8 Å². The number of nitrogens with zero attached hydrogens (tertiary/aromatic N) is 1. The number of hydrogen-bond donors (Lipinski definition) is 3. The monoisotopic (exact) mass is 252 g/mol. The Morgan fingerprint density at radius 3 is 2.67 bits per heavy atom. The summed E-state index contributed by atoms with van der Waals surface area (Å²) >= 11 is 0. The molecule has 5 heteroatoms. The third-order valence-electron chi connectivity index (χ3n) is 2.39. The molecule has 1 aromatic rings. The second-order valence-electron chi connectivity index (χ2n) is 4.97. The van der Waals surface area contributed by atoms with E-state index in [2.05, 4.69) is 5.32 Å². The molecule has 1 atom stereocenters. The zero-order valence-electron chi connectivity index (χ0n) is 11.0. The molecular formula is C13H20N2O3. The van der Waals surface area contributed by atoms with Crippen molar-refractivity contribution in [3.05, 3.63) is 29.8 Å². The van der Waals surface area contributed by atoms with Gasteiger partial charge in [0.2, 0.25) is 0 Å². The number of amides is 1. The minimum atomic E-state index is -0.990. The van der Waals surface area contributed by atoms with Crippen molar-refractivity contribution in [2.75, 3.05) is 27.2 Å². The Morgan fingerprint density at radius 2 is 2.11 bits per heavy atom. The smallest absolute Gasteiger partial charge is 0.251 e. The standard InChI is InChI=1S/C13H20N2O3/c1-13(18,9-15(2)3)8-14-12(17)10-5-4-6-11(16)7-10/h4-7,16,18H,8-9H2,1-3H3,(H,14,17). The summed E-state index contributed by atoms with van der Waals surface area (Å²) in [6.45, 7) is 2.27. The van der Waals surface area contributed by atoms with Crippen LogP contribution in [0, 0.1) is 0 Å². The Bertz CT molecular complexity index is 416. The number of phenols is 1. The van der Waals surface area contributed by atoms with Crippen molar-refractivity contribution in [2.45, 2.75) is 12.5 Å². The molecule has 1 aromatic carbocycles. The minimum Gasteiger partial charge on any atom is -0.508 e. The second-order valence-corrected chi connectivity index (χ2v) is 4.97. The third kappa shape index (κ3) is 4.73. The van der Waals surface area contributed by atoms with E-state index < -0.39 is 5.60 Å². The molecule has 100 valence electrons. The molecule has 1 amide bonds. The van der Waals surface area contributed by atoms with Crippen LogP contribution >= 0.6 is 0 Å². The Balaban J connectivity index is 2.56. The van der Waals surface area contributed by atoms with Crippen molar-refractivity contribution in [3.63, 3.8) is 0 Å². The molecule has 3 N–H and O–H groups in total. The van der Waals surface area contributed by atoms with Crippen LogP contribution in [0.25, 0.3) is 0 Å². The molecule has 0 radical (unpaired) electrons. The molecule has 0 aliphatic carbocycles. The van der Waals surface area contributed by atoms with Crippen LogP contribution in [0.15, 0.2) is 24.3 Å². The zero-order chi connectivity index (χ0) is 13.8. The van der Waals surface area contributed by atoms with Gasteiger partial charge in [-0.3, -0.25) is 4.79 Å². The van der Waals surface area contributed by atoms with Gasteiger partial charge in [0.1, 0.15) is 5.75 Å². The Morgan fingerprint density at radius 1 is 1.44 bits per heavy atom.